The van der Waals surface area contributed by atoms with E-state index in [0.717, 1.165) is 10.4 Å². The predicted octanol–water partition coefficient (Wildman–Crippen LogP) is 2.62. The molecule has 0 bridgehead atoms. The molecule has 1 unspecified atom stereocenters. The Morgan fingerprint density at radius 3 is 3.04 bits per heavy atom. The van der Waals surface area contributed by atoms with Crippen molar-refractivity contribution in [3.05, 3.63) is 40.1 Å². The van der Waals surface area contributed by atoms with Gasteiger partial charge < -0.3 is 14.2 Å². The number of aromatic nitrogens is 4. The molecule has 1 atom stereocenters. The average Bonchev–Trinajstić information content (AvgIpc) is 3.10. The summed E-state index contributed by atoms with van der Waals surface area (Å²) in [5.41, 5.74) is 1.93. The molecule has 3 aromatic rings. The zero-order chi connectivity index (χ0) is 18.4. The lowest BCUT2D eigenvalue weighted by atomic mass is 10.1. The molecule has 1 saturated heterocycles. The summed E-state index contributed by atoms with van der Waals surface area (Å²) < 4.78 is 12.7. The summed E-state index contributed by atoms with van der Waals surface area (Å²) in [6.07, 6.45) is 5.82. The third-order valence-corrected chi connectivity index (χ3v) is 5.91. The lowest BCUT2D eigenvalue weighted by molar-refractivity contribution is -0.00556. The van der Waals surface area contributed by atoms with Crippen molar-refractivity contribution in [3.63, 3.8) is 0 Å². The van der Waals surface area contributed by atoms with E-state index in [9.17, 15) is 4.79 Å². The summed E-state index contributed by atoms with van der Waals surface area (Å²) in [6, 6.07) is 1.73. The van der Waals surface area contributed by atoms with E-state index >= 15 is 0 Å². The van der Waals surface area contributed by atoms with E-state index in [0.29, 0.717) is 37.4 Å². The van der Waals surface area contributed by atoms with Crippen LogP contribution in [0.2, 0.25) is 0 Å². The first kappa shape index (κ1) is 16.6. The van der Waals surface area contributed by atoms with E-state index in [1.165, 1.54) is 29.7 Å². The van der Waals surface area contributed by atoms with Crippen LogP contribution in [0.3, 0.4) is 0 Å². The first-order valence-corrected chi connectivity index (χ1v) is 9.87. The van der Waals surface area contributed by atoms with E-state index < -0.39 is 0 Å². The van der Waals surface area contributed by atoms with Crippen LogP contribution in [0, 0.1) is 0 Å². The molecule has 1 saturated carbocycles. The van der Waals surface area contributed by atoms with Crippen molar-refractivity contribution < 1.29 is 14.1 Å². The van der Waals surface area contributed by atoms with Crippen LogP contribution >= 0.6 is 11.3 Å². The predicted molar refractivity (Wildman–Crippen MR) is 97.4 cm³/mol. The molecule has 0 N–H and O–H groups in total. The zero-order valence-corrected chi connectivity index (χ0v) is 15.7. The molecular formula is C18H19N5O3S. The van der Waals surface area contributed by atoms with Gasteiger partial charge in [-0.15, -0.1) is 11.3 Å². The second kappa shape index (κ2) is 6.58. The first-order valence-electron chi connectivity index (χ1n) is 8.99. The van der Waals surface area contributed by atoms with Gasteiger partial charge in [-0.3, -0.25) is 9.48 Å². The second-order valence-electron chi connectivity index (χ2n) is 6.93. The summed E-state index contributed by atoms with van der Waals surface area (Å²) >= 11 is 1.51. The van der Waals surface area contributed by atoms with Crippen molar-refractivity contribution in [1.29, 1.82) is 0 Å². The molecule has 27 heavy (non-hydrogen) atoms. The monoisotopic (exact) mass is 385 g/mol. The molecule has 0 radical (unpaired) electrons. The Hall–Kier alpha value is -2.52. The van der Waals surface area contributed by atoms with Gasteiger partial charge in [0.1, 0.15) is 6.04 Å². The molecule has 140 valence electrons. The van der Waals surface area contributed by atoms with Gasteiger partial charge in [-0.25, -0.2) is 0 Å². The van der Waals surface area contributed by atoms with Gasteiger partial charge in [0.05, 0.1) is 29.9 Å². The molecule has 2 fully saturated rings. The van der Waals surface area contributed by atoms with Crippen molar-refractivity contribution >= 4 is 17.2 Å². The van der Waals surface area contributed by atoms with Gasteiger partial charge >= 0.3 is 0 Å². The molecule has 8 nitrogen and oxygen atoms in total. The highest BCUT2D eigenvalue weighted by molar-refractivity contribution is 7.12. The standard InChI is InChI=1S/C18H19N5O3S/c1-22-9-12(8-19-22)17-20-16(21-26-17)14-10-25-6-5-23(14)18(24)15-13(4-7-27-15)11-2-3-11/h4,7-9,11,14H,2-3,5-6,10H2,1H3. The van der Waals surface area contributed by atoms with Crippen LogP contribution in [0.1, 0.15) is 45.9 Å². The van der Waals surface area contributed by atoms with Gasteiger partial charge in [-0.05, 0) is 35.8 Å². The topological polar surface area (TPSA) is 86.3 Å². The Balaban J connectivity index is 1.43. The lowest BCUT2D eigenvalue weighted by Crippen LogP contribution is -2.43. The highest BCUT2D eigenvalue weighted by atomic mass is 32.1. The summed E-state index contributed by atoms with van der Waals surface area (Å²) in [5.74, 6) is 1.43. The van der Waals surface area contributed by atoms with Crippen LogP contribution in [0.25, 0.3) is 11.5 Å². The molecule has 1 aliphatic carbocycles. The number of ether oxygens (including phenoxy) is 1. The third-order valence-electron chi connectivity index (χ3n) is 4.99. The number of carbonyl (C=O) groups excluding carboxylic acids is 1. The van der Waals surface area contributed by atoms with Gasteiger partial charge in [0.25, 0.3) is 11.8 Å². The molecular weight excluding hydrogens is 366 g/mol. The lowest BCUT2D eigenvalue weighted by Gasteiger charge is -2.33. The Morgan fingerprint density at radius 1 is 1.37 bits per heavy atom. The van der Waals surface area contributed by atoms with Gasteiger partial charge in [-0.1, -0.05) is 5.16 Å². The zero-order valence-electron chi connectivity index (χ0n) is 14.9. The van der Waals surface area contributed by atoms with Crippen molar-refractivity contribution in [2.45, 2.75) is 24.8 Å². The third kappa shape index (κ3) is 3.06. The molecule has 0 spiro atoms. The summed E-state index contributed by atoms with van der Waals surface area (Å²) in [5, 5.41) is 10.2. The number of rotatable bonds is 4. The highest BCUT2D eigenvalue weighted by Crippen LogP contribution is 2.44. The number of amides is 1. The number of aryl methyl sites for hydroxylation is 1. The SMILES string of the molecule is Cn1cc(-c2nc(C3COCCN3C(=O)c3sccc3C3CC3)no2)cn1. The van der Waals surface area contributed by atoms with Crippen molar-refractivity contribution in [3.8, 4) is 11.5 Å². The van der Waals surface area contributed by atoms with Gasteiger partial charge in [0.15, 0.2) is 5.82 Å². The van der Waals surface area contributed by atoms with E-state index in [4.69, 9.17) is 9.26 Å². The van der Waals surface area contributed by atoms with E-state index in [1.54, 1.807) is 10.9 Å². The minimum Gasteiger partial charge on any atom is -0.377 e. The van der Waals surface area contributed by atoms with Gasteiger partial charge in [0, 0.05) is 19.8 Å². The molecule has 4 heterocycles. The molecule has 2 aliphatic rings. The Bertz CT molecular complexity index is 973. The number of thiophene rings is 1. The van der Waals surface area contributed by atoms with Crippen LogP contribution in [-0.4, -0.2) is 50.5 Å². The van der Waals surface area contributed by atoms with E-state index in [-0.39, 0.29) is 11.9 Å². The van der Waals surface area contributed by atoms with Crippen LogP contribution < -0.4 is 0 Å². The van der Waals surface area contributed by atoms with E-state index in [2.05, 4.69) is 21.3 Å². The first-order chi connectivity index (χ1) is 13.2. The minimum absolute atomic E-state index is 0.0351. The van der Waals surface area contributed by atoms with E-state index in [1.807, 2.05) is 23.5 Å². The molecule has 3 aromatic heterocycles. The molecule has 1 aliphatic heterocycles. The molecule has 5 rings (SSSR count). The van der Waals surface area contributed by atoms with Crippen LogP contribution in [0.5, 0.6) is 0 Å². The summed E-state index contributed by atoms with van der Waals surface area (Å²) in [6.45, 7) is 1.39. The van der Waals surface area contributed by atoms with Crippen molar-refractivity contribution in [1.82, 2.24) is 24.8 Å². The fourth-order valence-electron chi connectivity index (χ4n) is 3.42. The Labute approximate surface area is 159 Å². The smallest absolute Gasteiger partial charge is 0.265 e. The van der Waals surface area contributed by atoms with Crippen LogP contribution in [0.4, 0.5) is 0 Å². The number of nitrogens with zero attached hydrogens (tertiary/aromatic N) is 5. The summed E-state index contributed by atoms with van der Waals surface area (Å²) in [4.78, 5) is 20.4. The second-order valence-corrected chi connectivity index (χ2v) is 7.85. The quantitative estimate of drug-likeness (QED) is 0.686. The maximum atomic E-state index is 13.3. The Morgan fingerprint density at radius 2 is 2.26 bits per heavy atom. The maximum absolute atomic E-state index is 13.3. The molecule has 9 heteroatoms. The highest BCUT2D eigenvalue weighted by Gasteiger charge is 2.36. The van der Waals surface area contributed by atoms with Gasteiger partial charge in [-0.2, -0.15) is 10.1 Å². The molecule has 0 aromatic carbocycles. The summed E-state index contributed by atoms with van der Waals surface area (Å²) in [7, 11) is 1.83. The Kier molecular flexibility index (Phi) is 4.05. The maximum Gasteiger partial charge on any atom is 0.265 e. The number of hydrogen-bond donors (Lipinski definition) is 0. The fraction of sp³-hybridized carbons (Fsp3) is 0.444. The van der Waals surface area contributed by atoms with Gasteiger partial charge in [0.2, 0.25) is 0 Å². The van der Waals surface area contributed by atoms with Crippen molar-refractivity contribution in [2.24, 2.45) is 7.05 Å². The number of hydrogen-bond acceptors (Lipinski definition) is 7. The average molecular weight is 385 g/mol. The number of carbonyl (C=O) groups is 1. The van der Waals surface area contributed by atoms with Crippen LogP contribution in [-0.2, 0) is 11.8 Å². The van der Waals surface area contributed by atoms with Crippen molar-refractivity contribution in [2.75, 3.05) is 19.8 Å². The fourth-order valence-corrected chi connectivity index (χ4v) is 4.36. The minimum atomic E-state index is -0.352. The number of morpholine rings is 1. The largest absolute Gasteiger partial charge is 0.377 e. The van der Waals surface area contributed by atoms with Crippen LogP contribution in [0.15, 0.2) is 28.4 Å². The normalized spacial score (nSPS) is 20.2. The molecule has 1 amide bonds.